The average Bonchev–Trinajstić information content (AvgIpc) is 2.96. The third-order valence-corrected chi connectivity index (χ3v) is 3.45. The number of rotatable bonds is 1. The van der Waals surface area contributed by atoms with Gasteiger partial charge in [0.1, 0.15) is 0 Å². The molecule has 0 unspecified atom stereocenters. The lowest BCUT2D eigenvalue weighted by Crippen LogP contribution is -2.26. The quantitative estimate of drug-likeness (QED) is 0.865. The summed E-state index contributed by atoms with van der Waals surface area (Å²) in [5.74, 6) is 0.0956. The van der Waals surface area contributed by atoms with Gasteiger partial charge >= 0.3 is 6.29 Å². The van der Waals surface area contributed by atoms with E-state index in [1.54, 1.807) is 18.5 Å². The minimum atomic E-state index is -3.58. The highest BCUT2D eigenvalue weighted by atomic mass is 19.3. The van der Waals surface area contributed by atoms with E-state index < -0.39 is 6.29 Å². The Labute approximate surface area is 113 Å². The molecule has 0 fully saturated rings. The first-order valence-electron chi connectivity index (χ1n) is 6.28. The standard InChI is InChI=1S/C13H11F2N3O2/c14-13(15)19-11-2-1-8(5-12(11)20-13)18-7-17-9-6-16-4-3-10(9)18/h1-2,5,7,16H,3-4,6H2. The van der Waals surface area contributed by atoms with E-state index in [4.69, 9.17) is 0 Å². The highest BCUT2D eigenvalue weighted by molar-refractivity contribution is 5.51. The van der Waals surface area contributed by atoms with E-state index in [0.29, 0.717) is 0 Å². The molecule has 2 aromatic rings. The minimum absolute atomic E-state index is 0.0453. The molecule has 2 aliphatic heterocycles. The number of benzene rings is 1. The molecule has 0 bridgehead atoms. The summed E-state index contributed by atoms with van der Waals surface area (Å²) in [6, 6.07) is 4.74. The molecule has 1 aromatic heterocycles. The van der Waals surface area contributed by atoms with Crippen LogP contribution in [0.4, 0.5) is 8.78 Å². The molecule has 0 amide bonds. The van der Waals surface area contributed by atoms with E-state index in [1.807, 2.05) is 4.57 Å². The van der Waals surface area contributed by atoms with Crippen molar-refractivity contribution >= 4 is 0 Å². The smallest absolute Gasteiger partial charge is 0.395 e. The summed E-state index contributed by atoms with van der Waals surface area (Å²) >= 11 is 0. The Morgan fingerprint density at radius 2 is 2.10 bits per heavy atom. The van der Waals surface area contributed by atoms with Gasteiger partial charge in [0.05, 0.1) is 17.7 Å². The Balaban J connectivity index is 1.76. The summed E-state index contributed by atoms with van der Waals surface area (Å²) in [6.07, 6.45) is -1.04. The van der Waals surface area contributed by atoms with Gasteiger partial charge in [-0.2, -0.15) is 0 Å². The lowest BCUT2D eigenvalue weighted by molar-refractivity contribution is -0.286. The summed E-state index contributed by atoms with van der Waals surface area (Å²) < 4.78 is 36.8. The topological polar surface area (TPSA) is 48.3 Å². The van der Waals surface area contributed by atoms with Crippen LogP contribution < -0.4 is 14.8 Å². The number of nitrogens with zero attached hydrogens (tertiary/aromatic N) is 2. The molecule has 0 aliphatic carbocycles. The highest BCUT2D eigenvalue weighted by Gasteiger charge is 2.43. The number of fused-ring (bicyclic) bond motifs is 2. The zero-order valence-corrected chi connectivity index (χ0v) is 10.4. The van der Waals surface area contributed by atoms with E-state index in [9.17, 15) is 8.78 Å². The molecule has 0 spiro atoms. The van der Waals surface area contributed by atoms with Gasteiger partial charge in [-0.15, -0.1) is 8.78 Å². The summed E-state index contributed by atoms with van der Waals surface area (Å²) in [6.45, 7) is 1.60. The summed E-state index contributed by atoms with van der Waals surface area (Å²) in [4.78, 5) is 4.34. The van der Waals surface area contributed by atoms with Crippen LogP contribution in [0, 0.1) is 0 Å². The maximum absolute atomic E-state index is 13.0. The van der Waals surface area contributed by atoms with Crippen LogP contribution in [-0.2, 0) is 13.0 Å². The Bertz CT molecular complexity index is 684. The van der Waals surface area contributed by atoms with Gasteiger partial charge in [0.15, 0.2) is 11.5 Å². The Hall–Kier alpha value is -2.15. The van der Waals surface area contributed by atoms with Crippen LogP contribution in [0.15, 0.2) is 24.5 Å². The van der Waals surface area contributed by atoms with E-state index in [0.717, 1.165) is 36.6 Å². The van der Waals surface area contributed by atoms with Crippen LogP contribution in [0.1, 0.15) is 11.4 Å². The van der Waals surface area contributed by atoms with Crippen molar-refractivity contribution in [2.75, 3.05) is 6.54 Å². The summed E-state index contributed by atoms with van der Waals surface area (Å²) in [5, 5.41) is 3.24. The van der Waals surface area contributed by atoms with E-state index in [-0.39, 0.29) is 11.5 Å². The molecule has 7 heteroatoms. The Morgan fingerprint density at radius 1 is 1.25 bits per heavy atom. The van der Waals surface area contributed by atoms with Crippen molar-refractivity contribution in [2.24, 2.45) is 0 Å². The maximum Gasteiger partial charge on any atom is 0.586 e. The van der Waals surface area contributed by atoms with Crippen LogP contribution in [0.3, 0.4) is 0 Å². The maximum atomic E-state index is 13.0. The average molecular weight is 279 g/mol. The number of halogens is 2. The molecule has 1 N–H and O–H groups in total. The van der Waals surface area contributed by atoms with Crippen molar-refractivity contribution in [1.82, 2.24) is 14.9 Å². The number of nitrogens with one attached hydrogen (secondary N) is 1. The Morgan fingerprint density at radius 3 is 3.00 bits per heavy atom. The van der Waals surface area contributed by atoms with Crippen LogP contribution in [0.5, 0.6) is 11.5 Å². The second-order valence-corrected chi connectivity index (χ2v) is 4.73. The largest absolute Gasteiger partial charge is 0.586 e. The van der Waals surface area contributed by atoms with Crippen LogP contribution in [0.25, 0.3) is 5.69 Å². The van der Waals surface area contributed by atoms with E-state index in [2.05, 4.69) is 19.8 Å². The monoisotopic (exact) mass is 279 g/mol. The van der Waals surface area contributed by atoms with Crippen molar-refractivity contribution in [3.63, 3.8) is 0 Å². The molecular weight excluding hydrogens is 268 g/mol. The van der Waals surface area contributed by atoms with E-state index >= 15 is 0 Å². The number of hydrogen-bond donors (Lipinski definition) is 1. The molecule has 0 radical (unpaired) electrons. The zero-order chi connectivity index (χ0) is 13.7. The van der Waals surface area contributed by atoms with E-state index in [1.165, 1.54) is 6.07 Å². The molecule has 0 atom stereocenters. The summed E-state index contributed by atoms with van der Waals surface area (Å²) in [7, 11) is 0. The van der Waals surface area contributed by atoms with Gasteiger partial charge in [0.2, 0.25) is 0 Å². The normalized spacial score (nSPS) is 18.9. The first-order chi connectivity index (χ1) is 9.62. The third kappa shape index (κ3) is 1.74. The number of ether oxygens (including phenoxy) is 2. The second kappa shape index (κ2) is 3.92. The molecular formula is C13H11F2N3O2. The highest BCUT2D eigenvalue weighted by Crippen LogP contribution is 2.42. The van der Waals surface area contributed by atoms with Crippen molar-refractivity contribution in [3.05, 3.63) is 35.9 Å². The minimum Gasteiger partial charge on any atom is -0.395 e. The molecule has 104 valence electrons. The fourth-order valence-corrected chi connectivity index (χ4v) is 2.55. The van der Waals surface area contributed by atoms with Crippen molar-refractivity contribution in [1.29, 1.82) is 0 Å². The van der Waals surface area contributed by atoms with Gasteiger partial charge in [-0.3, -0.25) is 0 Å². The van der Waals surface area contributed by atoms with Gasteiger partial charge in [0, 0.05) is 31.3 Å². The molecule has 0 saturated carbocycles. The Kier molecular flexibility index (Phi) is 2.29. The van der Waals surface area contributed by atoms with Crippen molar-refractivity contribution in [2.45, 2.75) is 19.3 Å². The number of alkyl halides is 2. The molecule has 5 nitrogen and oxygen atoms in total. The van der Waals surface area contributed by atoms with Gasteiger partial charge in [0.25, 0.3) is 0 Å². The third-order valence-electron chi connectivity index (χ3n) is 3.45. The molecule has 0 saturated heterocycles. The van der Waals surface area contributed by atoms with Crippen molar-refractivity contribution < 1.29 is 18.3 Å². The van der Waals surface area contributed by atoms with Crippen molar-refractivity contribution in [3.8, 4) is 17.2 Å². The van der Waals surface area contributed by atoms with Crippen LogP contribution in [-0.4, -0.2) is 22.4 Å². The molecule has 1 aromatic carbocycles. The predicted molar refractivity (Wildman–Crippen MR) is 65.2 cm³/mol. The van der Waals surface area contributed by atoms with Crippen LogP contribution >= 0.6 is 0 Å². The number of hydrogen-bond acceptors (Lipinski definition) is 4. The lowest BCUT2D eigenvalue weighted by Gasteiger charge is -2.15. The summed E-state index contributed by atoms with van der Waals surface area (Å²) in [5.41, 5.74) is 2.81. The molecule has 2 aliphatic rings. The number of aromatic nitrogens is 2. The van der Waals surface area contributed by atoms with Gasteiger partial charge in [-0.1, -0.05) is 0 Å². The van der Waals surface area contributed by atoms with Gasteiger partial charge in [-0.25, -0.2) is 4.98 Å². The zero-order valence-electron chi connectivity index (χ0n) is 10.4. The first-order valence-corrected chi connectivity index (χ1v) is 6.28. The lowest BCUT2D eigenvalue weighted by atomic mass is 10.1. The van der Waals surface area contributed by atoms with Crippen LogP contribution in [0.2, 0.25) is 0 Å². The second-order valence-electron chi connectivity index (χ2n) is 4.73. The molecule has 20 heavy (non-hydrogen) atoms. The molecule has 3 heterocycles. The fraction of sp³-hybridized carbons (Fsp3) is 0.308. The molecule has 4 rings (SSSR count). The first kappa shape index (κ1) is 11.7. The number of imidazole rings is 1. The fourth-order valence-electron chi connectivity index (χ4n) is 2.55. The SMILES string of the molecule is FC1(F)Oc2ccc(-n3cnc4c3CCNC4)cc2O1. The predicted octanol–water partition coefficient (Wildman–Crippen LogP) is 1.84. The van der Waals surface area contributed by atoms with Gasteiger partial charge in [-0.05, 0) is 12.1 Å². The van der Waals surface area contributed by atoms with Gasteiger partial charge < -0.3 is 19.4 Å².